The largest absolute Gasteiger partial charge is 0.223 e. The quantitative estimate of drug-likeness (QED) is 0.527. The van der Waals surface area contributed by atoms with Crippen molar-refractivity contribution >= 4 is 9.84 Å². The molecule has 2 nitrogen and oxygen atoms in total. The summed E-state index contributed by atoms with van der Waals surface area (Å²) in [4.78, 5) is 0.460. The van der Waals surface area contributed by atoms with Crippen LogP contribution in [0.3, 0.4) is 0 Å². The highest BCUT2D eigenvalue weighted by Crippen LogP contribution is 2.60. The van der Waals surface area contributed by atoms with Crippen LogP contribution in [0.25, 0.3) is 0 Å². The third-order valence-electron chi connectivity index (χ3n) is 8.33. The number of hydrogen-bond donors (Lipinski definition) is 0. The summed E-state index contributed by atoms with van der Waals surface area (Å²) >= 11 is 0. The summed E-state index contributed by atoms with van der Waals surface area (Å²) in [5, 5.41) is -0.385. The number of hydrogen-bond acceptors (Lipinski definition) is 2. The molecule has 0 spiro atoms. The van der Waals surface area contributed by atoms with Gasteiger partial charge in [-0.3, -0.25) is 0 Å². The molecule has 0 saturated heterocycles. The molecule has 5 atom stereocenters. The molecule has 8 rings (SSSR count). The van der Waals surface area contributed by atoms with Gasteiger partial charge in [0.25, 0.3) is 0 Å². The minimum Gasteiger partial charge on any atom is -0.223 e. The van der Waals surface area contributed by atoms with Crippen LogP contribution in [0.5, 0.6) is 0 Å². The van der Waals surface area contributed by atoms with E-state index >= 15 is 0 Å². The first-order valence-electron chi connectivity index (χ1n) is 11.2. The summed E-state index contributed by atoms with van der Waals surface area (Å²) in [5.74, 6) is 1.55. The molecule has 5 aliphatic rings. The lowest BCUT2D eigenvalue weighted by Gasteiger charge is -2.45. The van der Waals surface area contributed by atoms with E-state index in [9.17, 15) is 8.42 Å². The molecular formula is C27H24O2S. The second-order valence-corrected chi connectivity index (χ2v) is 11.8. The van der Waals surface area contributed by atoms with E-state index in [-0.39, 0.29) is 17.1 Å². The van der Waals surface area contributed by atoms with Crippen molar-refractivity contribution in [1.82, 2.24) is 0 Å². The van der Waals surface area contributed by atoms with Crippen molar-refractivity contribution in [2.45, 2.75) is 59.5 Å². The van der Waals surface area contributed by atoms with E-state index in [4.69, 9.17) is 0 Å². The van der Waals surface area contributed by atoms with Gasteiger partial charge in [0, 0.05) is 11.8 Å². The predicted molar refractivity (Wildman–Crippen MR) is 118 cm³/mol. The molecule has 3 heteroatoms. The molecule has 1 saturated carbocycles. The SMILES string of the molecule is O=S(=O)(c1ccccc1)[C@H]1C[C@H]2c3ccccc3[C@H]1c1cc3c(cc12)[C@H]1CC[C@H]3C1. The average Bonchev–Trinajstić information content (AvgIpc) is 3.41. The smallest absolute Gasteiger partial charge is 0.182 e. The first-order chi connectivity index (χ1) is 14.6. The summed E-state index contributed by atoms with van der Waals surface area (Å²) in [7, 11) is -3.40. The summed E-state index contributed by atoms with van der Waals surface area (Å²) in [6.45, 7) is 0. The number of benzene rings is 3. The summed E-state index contributed by atoms with van der Waals surface area (Å²) in [5.41, 5.74) is 8.36. The summed E-state index contributed by atoms with van der Waals surface area (Å²) in [6.07, 6.45) is 4.62. The van der Waals surface area contributed by atoms with Gasteiger partial charge in [-0.25, -0.2) is 8.42 Å². The van der Waals surface area contributed by atoms with Crippen LogP contribution in [-0.4, -0.2) is 13.7 Å². The van der Waals surface area contributed by atoms with Gasteiger partial charge >= 0.3 is 0 Å². The van der Waals surface area contributed by atoms with Gasteiger partial charge in [0.05, 0.1) is 10.1 Å². The lowest BCUT2D eigenvalue weighted by molar-refractivity contribution is 0.491. The fourth-order valence-electron chi connectivity index (χ4n) is 7.05. The van der Waals surface area contributed by atoms with Gasteiger partial charge in [-0.1, -0.05) is 54.6 Å². The van der Waals surface area contributed by atoms with E-state index in [1.54, 1.807) is 17.7 Å². The van der Waals surface area contributed by atoms with Gasteiger partial charge < -0.3 is 0 Å². The first-order valence-corrected chi connectivity index (χ1v) is 12.7. The molecule has 0 heterocycles. The maximum Gasteiger partial charge on any atom is 0.182 e. The van der Waals surface area contributed by atoms with Gasteiger partial charge in [0.15, 0.2) is 9.84 Å². The third-order valence-corrected chi connectivity index (χ3v) is 10.5. The van der Waals surface area contributed by atoms with Gasteiger partial charge in [-0.15, -0.1) is 0 Å². The summed E-state index contributed by atoms with van der Waals surface area (Å²) in [6, 6.07) is 22.5. The van der Waals surface area contributed by atoms with Gasteiger partial charge in [-0.2, -0.15) is 0 Å². The van der Waals surface area contributed by atoms with Crippen LogP contribution >= 0.6 is 0 Å². The van der Waals surface area contributed by atoms with Crippen molar-refractivity contribution in [1.29, 1.82) is 0 Å². The molecule has 3 aromatic carbocycles. The highest BCUT2D eigenvalue weighted by molar-refractivity contribution is 7.92. The van der Waals surface area contributed by atoms with E-state index in [0.717, 1.165) is 5.92 Å². The zero-order valence-corrected chi connectivity index (χ0v) is 17.6. The average molecular weight is 413 g/mol. The van der Waals surface area contributed by atoms with Crippen molar-refractivity contribution in [2.24, 2.45) is 0 Å². The molecule has 30 heavy (non-hydrogen) atoms. The maximum atomic E-state index is 13.8. The molecule has 0 aliphatic heterocycles. The second kappa shape index (κ2) is 5.85. The van der Waals surface area contributed by atoms with Crippen LogP contribution in [0.4, 0.5) is 0 Å². The lowest BCUT2D eigenvalue weighted by atomic mass is 9.62. The highest BCUT2D eigenvalue weighted by atomic mass is 32.2. The van der Waals surface area contributed by atoms with E-state index in [1.165, 1.54) is 47.1 Å². The van der Waals surface area contributed by atoms with Gasteiger partial charge in [-0.05, 0) is 83.0 Å². The predicted octanol–water partition coefficient (Wildman–Crippen LogP) is 5.87. The molecule has 0 unspecified atom stereocenters. The van der Waals surface area contributed by atoms with Crippen molar-refractivity contribution in [2.75, 3.05) is 0 Å². The molecule has 0 aromatic heterocycles. The first kappa shape index (κ1) is 17.3. The molecule has 0 amide bonds. The lowest BCUT2D eigenvalue weighted by Crippen LogP contribution is -2.40. The Kier molecular flexibility index (Phi) is 3.38. The third kappa shape index (κ3) is 2.12. The fraction of sp³-hybridized carbons (Fsp3) is 0.333. The topological polar surface area (TPSA) is 34.1 Å². The Bertz CT molecular complexity index is 1290. The molecule has 0 N–H and O–H groups in total. The van der Waals surface area contributed by atoms with E-state index < -0.39 is 9.84 Å². The highest BCUT2D eigenvalue weighted by Gasteiger charge is 2.50. The van der Waals surface area contributed by atoms with Gasteiger partial charge in [0.2, 0.25) is 0 Å². The Labute approximate surface area is 177 Å². The van der Waals surface area contributed by atoms with E-state index in [0.29, 0.717) is 17.2 Å². The molecular weight excluding hydrogens is 388 g/mol. The van der Waals surface area contributed by atoms with Crippen LogP contribution < -0.4 is 0 Å². The van der Waals surface area contributed by atoms with E-state index in [1.807, 2.05) is 18.2 Å². The van der Waals surface area contributed by atoms with Crippen LogP contribution in [0.15, 0.2) is 71.6 Å². The van der Waals surface area contributed by atoms with Crippen molar-refractivity contribution in [3.05, 3.63) is 100 Å². The minimum absolute atomic E-state index is 0.0594. The Balaban J connectivity index is 1.45. The van der Waals surface area contributed by atoms with Crippen LogP contribution in [-0.2, 0) is 9.84 Å². The van der Waals surface area contributed by atoms with Crippen molar-refractivity contribution in [3.8, 4) is 0 Å². The fourth-order valence-corrected chi connectivity index (χ4v) is 9.04. The Morgan fingerprint density at radius 3 is 2.00 bits per heavy atom. The van der Waals surface area contributed by atoms with Crippen molar-refractivity contribution in [3.63, 3.8) is 0 Å². The minimum atomic E-state index is -3.40. The Morgan fingerprint density at radius 1 is 0.633 bits per heavy atom. The van der Waals surface area contributed by atoms with Crippen LogP contribution in [0.2, 0.25) is 0 Å². The molecule has 150 valence electrons. The Hall–Kier alpha value is -2.39. The normalized spacial score (nSPS) is 30.1. The van der Waals surface area contributed by atoms with Crippen molar-refractivity contribution < 1.29 is 8.42 Å². The van der Waals surface area contributed by atoms with Crippen LogP contribution in [0.1, 0.15) is 82.7 Å². The number of sulfone groups is 1. The molecule has 5 aliphatic carbocycles. The van der Waals surface area contributed by atoms with Crippen LogP contribution in [0, 0.1) is 0 Å². The van der Waals surface area contributed by atoms with Gasteiger partial charge in [0.1, 0.15) is 0 Å². The molecule has 0 radical (unpaired) electrons. The van der Waals surface area contributed by atoms with E-state index in [2.05, 4.69) is 36.4 Å². The maximum absolute atomic E-state index is 13.8. The Morgan fingerprint density at radius 2 is 1.27 bits per heavy atom. The summed E-state index contributed by atoms with van der Waals surface area (Å²) < 4.78 is 27.5. The molecule has 1 fully saturated rings. The standard InChI is InChI=1S/C27H24O2S/c28-30(29,18-6-2-1-3-7-18)26-15-24-19-8-4-5-9-20(19)27(26)25-14-22-17-11-10-16(12-17)21(22)13-23(24)25/h1-9,13-14,16-17,24,26-27H,10-12,15H2/t16-,17-,24-,26-,27-/m0/s1. The monoisotopic (exact) mass is 412 g/mol. The molecule has 4 bridgehead atoms. The molecule has 3 aromatic rings. The number of fused-ring (bicyclic) bond motifs is 6. The zero-order valence-electron chi connectivity index (χ0n) is 16.8. The zero-order chi connectivity index (χ0) is 20.0. The number of rotatable bonds is 2. The second-order valence-electron chi connectivity index (χ2n) is 9.61.